The molecule has 2 N–H and O–H groups in total. The lowest BCUT2D eigenvalue weighted by atomic mass is 10.1. The summed E-state index contributed by atoms with van der Waals surface area (Å²) in [7, 11) is 0. The van der Waals surface area contributed by atoms with E-state index in [-0.39, 0.29) is 5.91 Å². The summed E-state index contributed by atoms with van der Waals surface area (Å²) >= 11 is 6.20. The van der Waals surface area contributed by atoms with Crippen molar-refractivity contribution in [1.29, 1.82) is 0 Å². The average molecular weight is 300 g/mol. The second kappa shape index (κ2) is 5.97. The summed E-state index contributed by atoms with van der Waals surface area (Å²) in [6, 6.07) is 9.43. The van der Waals surface area contributed by atoms with Gasteiger partial charge in [-0.25, -0.2) is 0 Å². The first-order valence-corrected chi connectivity index (χ1v) is 7.02. The molecule has 2 aromatic heterocycles. The molecule has 0 saturated carbocycles. The number of nitrogens with one attached hydrogen (secondary N) is 2. The molecule has 0 aliphatic rings. The molecule has 0 atom stereocenters. The van der Waals surface area contributed by atoms with Crippen LogP contribution in [0.2, 0.25) is 5.02 Å². The van der Waals surface area contributed by atoms with Crippen LogP contribution in [0.1, 0.15) is 11.1 Å². The third-order valence-corrected chi connectivity index (χ3v) is 3.62. The number of carbonyl (C=O) groups excluding carboxylic acids is 1. The van der Waals surface area contributed by atoms with Gasteiger partial charge in [0.05, 0.1) is 11.4 Å². The third kappa shape index (κ3) is 3.06. The number of nitrogens with zero attached hydrogens (tertiary/aromatic N) is 1. The van der Waals surface area contributed by atoms with E-state index >= 15 is 0 Å². The van der Waals surface area contributed by atoms with Crippen molar-refractivity contribution in [2.45, 2.75) is 13.0 Å². The fourth-order valence-electron chi connectivity index (χ4n) is 2.29. The number of hydrogen-bond donors (Lipinski definition) is 2. The lowest BCUT2D eigenvalue weighted by Gasteiger charge is -2.05. The van der Waals surface area contributed by atoms with Gasteiger partial charge < -0.3 is 10.3 Å². The lowest BCUT2D eigenvalue weighted by molar-refractivity contribution is -0.120. The SMILES string of the molecule is O=C(Cc1c[nH]c2cccc(Cl)c12)NCc1cccnc1. The Kier molecular flexibility index (Phi) is 3.88. The number of rotatable bonds is 4. The highest BCUT2D eigenvalue weighted by atomic mass is 35.5. The van der Waals surface area contributed by atoms with E-state index < -0.39 is 0 Å². The van der Waals surface area contributed by atoms with Crippen molar-refractivity contribution in [3.63, 3.8) is 0 Å². The number of aromatic nitrogens is 2. The van der Waals surface area contributed by atoms with Gasteiger partial charge in [-0.05, 0) is 29.3 Å². The smallest absolute Gasteiger partial charge is 0.224 e. The highest BCUT2D eigenvalue weighted by Crippen LogP contribution is 2.26. The standard InChI is InChI=1S/C16H14ClN3O/c17-13-4-1-5-14-16(13)12(10-19-14)7-15(21)20-9-11-3-2-6-18-8-11/h1-6,8,10,19H,7,9H2,(H,20,21). The molecule has 0 saturated heterocycles. The number of amides is 1. The second-order valence-electron chi connectivity index (χ2n) is 4.79. The lowest BCUT2D eigenvalue weighted by Crippen LogP contribution is -2.24. The van der Waals surface area contributed by atoms with Crippen LogP contribution in [0, 0.1) is 0 Å². The molecule has 0 aliphatic carbocycles. The second-order valence-corrected chi connectivity index (χ2v) is 5.20. The van der Waals surface area contributed by atoms with Gasteiger partial charge in [-0.2, -0.15) is 0 Å². The maximum Gasteiger partial charge on any atom is 0.224 e. The van der Waals surface area contributed by atoms with Gasteiger partial charge in [0.15, 0.2) is 0 Å². The molecule has 0 radical (unpaired) electrons. The third-order valence-electron chi connectivity index (χ3n) is 3.30. The predicted molar refractivity (Wildman–Crippen MR) is 83.1 cm³/mol. The number of carbonyl (C=O) groups is 1. The molecular weight excluding hydrogens is 286 g/mol. The van der Waals surface area contributed by atoms with Gasteiger partial charge in [0.25, 0.3) is 0 Å². The van der Waals surface area contributed by atoms with Gasteiger partial charge in [0.2, 0.25) is 5.91 Å². The maximum absolute atomic E-state index is 12.1. The van der Waals surface area contributed by atoms with E-state index in [4.69, 9.17) is 11.6 Å². The minimum absolute atomic E-state index is 0.0420. The van der Waals surface area contributed by atoms with Crippen molar-refractivity contribution in [1.82, 2.24) is 15.3 Å². The van der Waals surface area contributed by atoms with Crippen molar-refractivity contribution in [3.8, 4) is 0 Å². The molecule has 1 amide bonds. The van der Waals surface area contributed by atoms with Crippen molar-refractivity contribution in [2.24, 2.45) is 0 Å². The van der Waals surface area contributed by atoms with Crippen molar-refractivity contribution >= 4 is 28.4 Å². The van der Waals surface area contributed by atoms with Gasteiger partial charge in [0, 0.05) is 36.0 Å². The van der Waals surface area contributed by atoms with Crippen molar-refractivity contribution in [2.75, 3.05) is 0 Å². The molecule has 21 heavy (non-hydrogen) atoms. The molecule has 4 nitrogen and oxygen atoms in total. The molecule has 0 spiro atoms. The molecule has 0 fully saturated rings. The molecule has 0 aliphatic heterocycles. The van der Waals surface area contributed by atoms with E-state index in [1.54, 1.807) is 12.4 Å². The number of benzene rings is 1. The van der Waals surface area contributed by atoms with Gasteiger partial charge in [-0.3, -0.25) is 9.78 Å². The first-order chi connectivity index (χ1) is 10.2. The van der Waals surface area contributed by atoms with Crippen LogP contribution in [-0.2, 0) is 17.8 Å². The van der Waals surface area contributed by atoms with Gasteiger partial charge in [0.1, 0.15) is 0 Å². The monoisotopic (exact) mass is 299 g/mol. The van der Waals surface area contributed by atoms with E-state index in [9.17, 15) is 4.79 Å². The zero-order chi connectivity index (χ0) is 14.7. The first kappa shape index (κ1) is 13.6. The Morgan fingerprint density at radius 3 is 3.00 bits per heavy atom. The van der Waals surface area contributed by atoms with Crippen LogP contribution >= 0.6 is 11.6 Å². The summed E-state index contributed by atoms with van der Waals surface area (Å²) in [6.07, 6.45) is 5.58. The van der Waals surface area contributed by atoms with Crippen LogP contribution in [0.3, 0.4) is 0 Å². The molecule has 1 aromatic carbocycles. The normalized spacial score (nSPS) is 10.7. The molecule has 5 heteroatoms. The highest BCUT2D eigenvalue weighted by molar-refractivity contribution is 6.35. The summed E-state index contributed by atoms with van der Waals surface area (Å²) in [5.41, 5.74) is 2.82. The summed E-state index contributed by atoms with van der Waals surface area (Å²) in [4.78, 5) is 19.2. The van der Waals surface area contributed by atoms with Crippen LogP contribution in [-0.4, -0.2) is 15.9 Å². The number of halogens is 1. The largest absolute Gasteiger partial charge is 0.361 e. The number of pyridine rings is 1. The Hall–Kier alpha value is -2.33. The summed E-state index contributed by atoms with van der Waals surface area (Å²) in [5.74, 6) is -0.0420. The van der Waals surface area contributed by atoms with Crippen molar-refractivity contribution in [3.05, 3.63) is 65.1 Å². The zero-order valence-electron chi connectivity index (χ0n) is 11.3. The van der Waals surface area contributed by atoms with Gasteiger partial charge >= 0.3 is 0 Å². The Morgan fingerprint density at radius 1 is 1.29 bits per heavy atom. The summed E-state index contributed by atoms with van der Waals surface area (Å²) < 4.78 is 0. The minimum atomic E-state index is -0.0420. The molecular formula is C16H14ClN3O. The summed E-state index contributed by atoms with van der Waals surface area (Å²) in [5, 5.41) is 4.45. The van der Waals surface area contributed by atoms with Crippen LogP contribution < -0.4 is 5.32 Å². The minimum Gasteiger partial charge on any atom is -0.361 e. The van der Waals surface area contributed by atoms with E-state index in [0.717, 1.165) is 22.0 Å². The van der Waals surface area contributed by atoms with Crippen LogP contribution in [0.15, 0.2) is 48.9 Å². The average Bonchev–Trinajstić information content (AvgIpc) is 2.91. The fourth-order valence-corrected chi connectivity index (χ4v) is 2.58. The Balaban J connectivity index is 1.69. The van der Waals surface area contributed by atoms with E-state index in [1.807, 2.05) is 36.5 Å². The Bertz CT molecular complexity index is 768. The molecule has 106 valence electrons. The first-order valence-electron chi connectivity index (χ1n) is 6.64. The maximum atomic E-state index is 12.1. The Morgan fingerprint density at radius 2 is 2.19 bits per heavy atom. The van der Waals surface area contributed by atoms with Crippen LogP contribution in [0.25, 0.3) is 10.9 Å². The molecule has 3 rings (SSSR count). The van der Waals surface area contributed by atoms with E-state index in [2.05, 4.69) is 15.3 Å². The number of fused-ring (bicyclic) bond motifs is 1. The number of H-pyrrole nitrogens is 1. The van der Waals surface area contributed by atoms with Crippen LogP contribution in [0.5, 0.6) is 0 Å². The molecule has 0 bridgehead atoms. The molecule has 0 unspecified atom stereocenters. The quantitative estimate of drug-likeness (QED) is 0.778. The topological polar surface area (TPSA) is 57.8 Å². The van der Waals surface area contributed by atoms with E-state index in [1.165, 1.54) is 0 Å². The van der Waals surface area contributed by atoms with Gasteiger partial charge in [-0.15, -0.1) is 0 Å². The van der Waals surface area contributed by atoms with Crippen LogP contribution in [0.4, 0.5) is 0 Å². The zero-order valence-corrected chi connectivity index (χ0v) is 12.0. The predicted octanol–water partition coefficient (Wildman–Crippen LogP) is 3.08. The number of aromatic amines is 1. The summed E-state index contributed by atoms with van der Waals surface area (Å²) in [6.45, 7) is 0.475. The fraction of sp³-hybridized carbons (Fsp3) is 0.125. The molecule has 3 aromatic rings. The Labute approximate surface area is 127 Å². The highest BCUT2D eigenvalue weighted by Gasteiger charge is 2.11. The van der Waals surface area contributed by atoms with E-state index in [0.29, 0.717) is 18.0 Å². The van der Waals surface area contributed by atoms with Gasteiger partial charge in [-0.1, -0.05) is 23.7 Å². The molecule has 2 heterocycles. The number of hydrogen-bond acceptors (Lipinski definition) is 2. The van der Waals surface area contributed by atoms with Crippen molar-refractivity contribution < 1.29 is 4.79 Å².